The summed E-state index contributed by atoms with van der Waals surface area (Å²) < 4.78 is 0. The molecule has 0 bridgehead atoms. The SMILES string of the molecule is C[C@H](NC(=O)CN[C@@H]1CCCN(c2cccnn2)C1)c1ccccc1. The van der Waals surface area contributed by atoms with Crippen LogP contribution in [0.2, 0.25) is 0 Å². The molecule has 1 aliphatic heterocycles. The van der Waals surface area contributed by atoms with Gasteiger partial charge in [-0.3, -0.25) is 4.79 Å². The molecule has 1 aliphatic rings. The number of hydrogen-bond donors (Lipinski definition) is 2. The van der Waals surface area contributed by atoms with Crippen molar-refractivity contribution in [3.05, 3.63) is 54.2 Å². The second-order valence-electron chi connectivity index (χ2n) is 6.45. The number of nitrogens with one attached hydrogen (secondary N) is 2. The molecule has 1 saturated heterocycles. The van der Waals surface area contributed by atoms with Gasteiger partial charge in [0.05, 0.1) is 12.6 Å². The summed E-state index contributed by atoms with van der Waals surface area (Å²) in [7, 11) is 0. The first kappa shape index (κ1) is 17.4. The molecule has 0 radical (unpaired) electrons. The minimum absolute atomic E-state index is 0.0120. The van der Waals surface area contributed by atoms with Crippen molar-refractivity contribution >= 4 is 11.7 Å². The monoisotopic (exact) mass is 339 g/mol. The van der Waals surface area contributed by atoms with Crippen LogP contribution in [0, 0.1) is 0 Å². The minimum Gasteiger partial charge on any atom is -0.354 e. The van der Waals surface area contributed by atoms with Crippen LogP contribution in [0.3, 0.4) is 0 Å². The van der Waals surface area contributed by atoms with Crippen molar-refractivity contribution in [2.45, 2.75) is 31.8 Å². The molecule has 3 rings (SSSR count). The Kier molecular flexibility index (Phi) is 5.95. The van der Waals surface area contributed by atoms with E-state index >= 15 is 0 Å². The van der Waals surface area contributed by atoms with Crippen molar-refractivity contribution in [1.82, 2.24) is 20.8 Å². The van der Waals surface area contributed by atoms with E-state index < -0.39 is 0 Å². The Balaban J connectivity index is 1.45. The van der Waals surface area contributed by atoms with Gasteiger partial charge in [0.25, 0.3) is 0 Å². The summed E-state index contributed by atoms with van der Waals surface area (Å²) in [5, 5.41) is 14.5. The normalized spacial score (nSPS) is 18.6. The Bertz CT molecular complexity index is 664. The second kappa shape index (κ2) is 8.58. The molecule has 1 fully saturated rings. The highest BCUT2D eigenvalue weighted by molar-refractivity contribution is 5.78. The average Bonchev–Trinajstić information content (AvgIpc) is 2.68. The van der Waals surface area contributed by atoms with Gasteiger partial charge in [0.1, 0.15) is 0 Å². The molecular weight excluding hydrogens is 314 g/mol. The van der Waals surface area contributed by atoms with Gasteiger partial charge >= 0.3 is 0 Å². The number of anilines is 1. The summed E-state index contributed by atoms with van der Waals surface area (Å²) in [4.78, 5) is 14.4. The number of rotatable bonds is 6. The lowest BCUT2D eigenvalue weighted by Gasteiger charge is -2.33. The van der Waals surface area contributed by atoms with Gasteiger partial charge in [-0.15, -0.1) is 5.10 Å². The molecule has 2 atom stereocenters. The fourth-order valence-corrected chi connectivity index (χ4v) is 3.17. The van der Waals surface area contributed by atoms with Crippen molar-refractivity contribution in [3.63, 3.8) is 0 Å². The molecule has 2 heterocycles. The lowest BCUT2D eigenvalue weighted by Crippen LogP contribution is -2.49. The minimum atomic E-state index is 0.0120. The zero-order chi connectivity index (χ0) is 17.5. The molecule has 25 heavy (non-hydrogen) atoms. The predicted molar refractivity (Wildman–Crippen MR) is 98.3 cm³/mol. The third-order valence-electron chi connectivity index (χ3n) is 4.53. The first-order valence-electron chi connectivity index (χ1n) is 8.82. The predicted octanol–water partition coefficient (Wildman–Crippen LogP) is 1.91. The van der Waals surface area contributed by atoms with E-state index in [4.69, 9.17) is 0 Å². The summed E-state index contributed by atoms with van der Waals surface area (Å²) >= 11 is 0. The van der Waals surface area contributed by atoms with Crippen molar-refractivity contribution < 1.29 is 4.79 Å². The zero-order valence-electron chi connectivity index (χ0n) is 14.6. The standard InChI is InChI=1S/C19H25N5O/c1-15(16-7-3-2-4-8-16)22-19(25)13-20-17-9-6-12-24(14-17)18-10-5-11-21-23-18/h2-5,7-8,10-11,15,17,20H,6,9,12-14H2,1H3,(H,22,25)/t15-,17+/m0/s1. The van der Waals surface area contributed by atoms with Crippen LogP contribution in [0.15, 0.2) is 48.7 Å². The van der Waals surface area contributed by atoms with Gasteiger partial charge in [-0.2, -0.15) is 5.10 Å². The Morgan fingerprint density at radius 3 is 2.88 bits per heavy atom. The Morgan fingerprint density at radius 2 is 2.12 bits per heavy atom. The maximum atomic E-state index is 12.2. The van der Waals surface area contributed by atoms with Crippen molar-refractivity contribution in [2.75, 3.05) is 24.5 Å². The number of nitrogens with zero attached hydrogens (tertiary/aromatic N) is 3. The number of carbonyl (C=O) groups excluding carboxylic acids is 1. The van der Waals surface area contributed by atoms with Crippen LogP contribution in [0.4, 0.5) is 5.82 Å². The smallest absolute Gasteiger partial charge is 0.234 e. The van der Waals surface area contributed by atoms with E-state index in [0.29, 0.717) is 6.54 Å². The van der Waals surface area contributed by atoms with Crippen molar-refractivity contribution in [2.24, 2.45) is 0 Å². The number of piperidine rings is 1. The third-order valence-corrected chi connectivity index (χ3v) is 4.53. The van der Waals surface area contributed by atoms with Crippen LogP contribution in [0.25, 0.3) is 0 Å². The zero-order valence-corrected chi connectivity index (χ0v) is 14.6. The van der Waals surface area contributed by atoms with Gasteiger partial charge in [0.15, 0.2) is 5.82 Å². The summed E-state index contributed by atoms with van der Waals surface area (Å²) in [6.45, 7) is 4.16. The van der Waals surface area contributed by atoms with E-state index in [2.05, 4.69) is 25.7 Å². The quantitative estimate of drug-likeness (QED) is 0.841. The first-order valence-corrected chi connectivity index (χ1v) is 8.82. The van der Waals surface area contributed by atoms with Gasteiger partial charge < -0.3 is 15.5 Å². The summed E-state index contributed by atoms with van der Waals surface area (Å²) in [6, 6.07) is 14.2. The van der Waals surface area contributed by atoms with Crippen molar-refractivity contribution in [1.29, 1.82) is 0 Å². The molecule has 132 valence electrons. The van der Waals surface area contributed by atoms with E-state index in [0.717, 1.165) is 37.3 Å². The maximum Gasteiger partial charge on any atom is 0.234 e. The van der Waals surface area contributed by atoms with E-state index in [9.17, 15) is 4.79 Å². The van der Waals surface area contributed by atoms with Crippen LogP contribution in [0.1, 0.15) is 31.4 Å². The van der Waals surface area contributed by atoms with Gasteiger partial charge in [0, 0.05) is 25.3 Å². The summed E-state index contributed by atoms with van der Waals surface area (Å²) in [5.74, 6) is 0.920. The van der Waals surface area contributed by atoms with Crippen LogP contribution in [-0.4, -0.2) is 41.8 Å². The van der Waals surface area contributed by atoms with Crippen LogP contribution >= 0.6 is 0 Å². The Labute approximate surface area is 148 Å². The molecule has 0 unspecified atom stereocenters. The lowest BCUT2D eigenvalue weighted by molar-refractivity contribution is -0.121. The molecule has 2 aromatic rings. The Morgan fingerprint density at radius 1 is 1.28 bits per heavy atom. The van der Waals surface area contributed by atoms with Gasteiger partial charge in [-0.1, -0.05) is 30.3 Å². The fraction of sp³-hybridized carbons (Fsp3) is 0.421. The van der Waals surface area contributed by atoms with E-state index in [1.54, 1.807) is 6.20 Å². The third kappa shape index (κ3) is 5.00. The van der Waals surface area contributed by atoms with Gasteiger partial charge in [-0.05, 0) is 37.5 Å². The molecule has 1 aromatic heterocycles. The van der Waals surface area contributed by atoms with Crippen LogP contribution in [0.5, 0.6) is 0 Å². The first-order chi connectivity index (χ1) is 12.2. The molecule has 1 amide bonds. The van der Waals surface area contributed by atoms with Crippen LogP contribution < -0.4 is 15.5 Å². The highest BCUT2D eigenvalue weighted by atomic mass is 16.1. The van der Waals surface area contributed by atoms with Gasteiger partial charge in [-0.25, -0.2) is 0 Å². The largest absolute Gasteiger partial charge is 0.354 e. The average molecular weight is 339 g/mol. The summed E-state index contributed by atoms with van der Waals surface area (Å²) in [5.41, 5.74) is 1.11. The molecule has 6 nitrogen and oxygen atoms in total. The number of carbonyl (C=O) groups is 1. The van der Waals surface area contributed by atoms with E-state index in [-0.39, 0.29) is 18.0 Å². The lowest BCUT2D eigenvalue weighted by atomic mass is 10.1. The maximum absolute atomic E-state index is 12.2. The highest BCUT2D eigenvalue weighted by Gasteiger charge is 2.21. The highest BCUT2D eigenvalue weighted by Crippen LogP contribution is 2.16. The van der Waals surface area contributed by atoms with Crippen LogP contribution in [-0.2, 0) is 4.79 Å². The molecule has 6 heteroatoms. The number of amides is 1. The molecule has 1 aromatic carbocycles. The van der Waals surface area contributed by atoms with Crippen molar-refractivity contribution in [3.8, 4) is 0 Å². The van der Waals surface area contributed by atoms with E-state index in [1.165, 1.54) is 0 Å². The molecule has 0 aliphatic carbocycles. The van der Waals surface area contributed by atoms with Gasteiger partial charge in [0.2, 0.25) is 5.91 Å². The molecule has 2 N–H and O–H groups in total. The number of aromatic nitrogens is 2. The molecular formula is C19H25N5O. The molecule has 0 saturated carbocycles. The number of benzene rings is 1. The Hall–Kier alpha value is -2.47. The van der Waals surface area contributed by atoms with E-state index in [1.807, 2.05) is 49.4 Å². The summed E-state index contributed by atoms with van der Waals surface area (Å²) in [6.07, 6.45) is 3.83. The fourth-order valence-electron chi connectivity index (χ4n) is 3.17. The number of hydrogen-bond acceptors (Lipinski definition) is 5. The topological polar surface area (TPSA) is 70.2 Å². The molecule has 0 spiro atoms. The second-order valence-corrected chi connectivity index (χ2v) is 6.45.